The van der Waals surface area contributed by atoms with E-state index in [0.29, 0.717) is 0 Å². The molecule has 1 saturated heterocycles. The summed E-state index contributed by atoms with van der Waals surface area (Å²) in [4.78, 5) is 8.97. The second-order valence-electron chi connectivity index (χ2n) is 5.57. The van der Waals surface area contributed by atoms with E-state index in [4.69, 9.17) is 0 Å². The first-order valence-corrected chi connectivity index (χ1v) is 7.82. The lowest BCUT2D eigenvalue weighted by Crippen LogP contribution is -2.31. The second kappa shape index (κ2) is 8.04. The van der Waals surface area contributed by atoms with E-state index in [1.807, 2.05) is 13.0 Å². The number of aryl methyl sites for hydroxylation is 1. The number of piperidine rings is 1. The Morgan fingerprint density at radius 1 is 1.25 bits per heavy atom. The molecule has 1 aliphatic heterocycles. The van der Waals surface area contributed by atoms with Crippen LogP contribution in [0.15, 0.2) is 6.07 Å². The number of unbranched alkanes of at least 4 members (excludes halogenated alkanes) is 1. The average molecular weight is 277 g/mol. The smallest absolute Gasteiger partial charge is 0.224 e. The number of anilines is 2. The molecule has 0 amide bonds. The summed E-state index contributed by atoms with van der Waals surface area (Å²) < 4.78 is 0. The minimum absolute atomic E-state index is 0.742. The molecule has 20 heavy (non-hydrogen) atoms. The van der Waals surface area contributed by atoms with Gasteiger partial charge in [0.1, 0.15) is 5.82 Å². The van der Waals surface area contributed by atoms with E-state index < -0.39 is 0 Å². The molecule has 0 spiro atoms. The number of nitrogens with zero attached hydrogens (tertiary/aromatic N) is 2. The van der Waals surface area contributed by atoms with Crippen molar-refractivity contribution in [3.8, 4) is 0 Å². The van der Waals surface area contributed by atoms with E-state index in [9.17, 15) is 0 Å². The first-order valence-electron chi connectivity index (χ1n) is 7.82. The number of hydrogen-bond donors (Lipinski definition) is 3. The molecular weight excluding hydrogens is 250 g/mol. The monoisotopic (exact) mass is 277 g/mol. The third kappa shape index (κ3) is 4.96. The van der Waals surface area contributed by atoms with E-state index in [1.165, 1.54) is 19.3 Å². The molecule has 112 valence electrons. The maximum Gasteiger partial charge on any atom is 0.224 e. The maximum atomic E-state index is 4.54. The van der Waals surface area contributed by atoms with Crippen molar-refractivity contribution in [2.24, 2.45) is 5.92 Å². The quantitative estimate of drug-likeness (QED) is 0.668. The molecular formula is C15H27N5. The second-order valence-corrected chi connectivity index (χ2v) is 5.57. The predicted molar refractivity (Wildman–Crippen MR) is 84.3 cm³/mol. The van der Waals surface area contributed by atoms with Crippen LogP contribution in [0, 0.1) is 12.8 Å². The molecule has 0 saturated carbocycles. The van der Waals surface area contributed by atoms with Crippen LogP contribution in [0.25, 0.3) is 0 Å². The highest BCUT2D eigenvalue weighted by atomic mass is 15.1. The summed E-state index contributed by atoms with van der Waals surface area (Å²) in [5.41, 5.74) is 1.01. The molecule has 2 heterocycles. The Labute approximate surface area is 122 Å². The topological polar surface area (TPSA) is 61.9 Å². The Kier molecular flexibility index (Phi) is 6.05. The van der Waals surface area contributed by atoms with Crippen molar-refractivity contribution in [3.05, 3.63) is 11.8 Å². The van der Waals surface area contributed by atoms with Gasteiger partial charge in [0.25, 0.3) is 0 Å². The summed E-state index contributed by atoms with van der Waals surface area (Å²) in [5.74, 6) is 2.43. The van der Waals surface area contributed by atoms with Crippen LogP contribution >= 0.6 is 0 Å². The fraction of sp³-hybridized carbons (Fsp3) is 0.733. The predicted octanol–water partition coefficient (Wildman–Crippen LogP) is 2.41. The van der Waals surface area contributed by atoms with E-state index in [2.05, 4.69) is 32.8 Å². The largest absolute Gasteiger partial charge is 0.370 e. The molecule has 5 nitrogen and oxygen atoms in total. The van der Waals surface area contributed by atoms with E-state index in [-0.39, 0.29) is 0 Å². The zero-order valence-electron chi connectivity index (χ0n) is 12.7. The van der Waals surface area contributed by atoms with Gasteiger partial charge in [0.2, 0.25) is 5.95 Å². The molecule has 0 aliphatic carbocycles. The fourth-order valence-electron chi connectivity index (χ4n) is 2.45. The Balaban J connectivity index is 1.86. The number of nitrogens with one attached hydrogen (secondary N) is 3. The fourth-order valence-corrected chi connectivity index (χ4v) is 2.45. The van der Waals surface area contributed by atoms with Gasteiger partial charge >= 0.3 is 0 Å². The van der Waals surface area contributed by atoms with Crippen molar-refractivity contribution >= 4 is 11.8 Å². The Morgan fingerprint density at radius 3 is 2.80 bits per heavy atom. The van der Waals surface area contributed by atoms with Crippen molar-refractivity contribution in [3.63, 3.8) is 0 Å². The van der Waals surface area contributed by atoms with Gasteiger partial charge in [-0.3, -0.25) is 0 Å². The summed E-state index contributed by atoms with van der Waals surface area (Å²) in [6.07, 6.45) is 4.83. The number of hydrogen-bond acceptors (Lipinski definition) is 5. The molecule has 3 N–H and O–H groups in total. The first kappa shape index (κ1) is 15.0. The van der Waals surface area contributed by atoms with Gasteiger partial charge in [0.05, 0.1) is 0 Å². The van der Waals surface area contributed by atoms with Crippen LogP contribution in [0.2, 0.25) is 0 Å². The standard InChI is InChI=1S/C15H27N5/c1-3-4-7-17-15-19-12(2)10-14(20-15)18-11-13-5-8-16-9-6-13/h10,13,16H,3-9,11H2,1-2H3,(H2,17,18,19,20). The lowest BCUT2D eigenvalue weighted by Gasteiger charge is -2.23. The summed E-state index contributed by atoms with van der Waals surface area (Å²) in [6.45, 7) is 8.42. The minimum atomic E-state index is 0.742. The molecule has 0 unspecified atom stereocenters. The van der Waals surface area contributed by atoms with E-state index in [0.717, 1.165) is 56.0 Å². The van der Waals surface area contributed by atoms with Gasteiger partial charge in [-0.05, 0) is 45.2 Å². The van der Waals surface area contributed by atoms with Crippen molar-refractivity contribution in [1.29, 1.82) is 0 Å². The molecule has 0 atom stereocenters. The Morgan fingerprint density at radius 2 is 2.05 bits per heavy atom. The van der Waals surface area contributed by atoms with Gasteiger partial charge in [-0.1, -0.05) is 13.3 Å². The molecule has 5 heteroatoms. The third-order valence-corrected chi connectivity index (χ3v) is 3.70. The summed E-state index contributed by atoms with van der Waals surface area (Å²) in [6, 6.07) is 2.02. The van der Waals surface area contributed by atoms with Gasteiger partial charge < -0.3 is 16.0 Å². The SMILES string of the molecule is CCCCNc1nc(C)cc(NCC2CCNCC2)n1. The highest BCUT2D eigenvalue weighted by molar-refractivity contribution is 5.42. The van der Waals surface area contributed by atoms with Crippen LogP contribution in [0.3, 0.4) is 0 Å². The molecule has 0 radical (unpaired) electrons. The van der Waals surface area contributed by atoms with Crippen LogP contribution in [0.1, 0.15) is 38.3 Å². The van der Waals surface area contributed by atoms with E-state index in [1.54, 1.807) is 0 Å². The summed E-state index contributed by atoms with van der Waals surface area (Å²) in [7, 11) is 0. The Hall–Kier alpha value is -1.36. The lowest BCUT2D eigenvalue weighted by atomic mass is 9.98. The van der Waals surface area contributed by atoms with Gasteiger partial charge in [0, 0.05) is 24.8 Å². The van der Waals surface area contributed by atoms with Gasteiger partial charge in [-0.15, -0.1) is 0 Å². The third-order valence-electron chi connectivity index (χ3n) is 3.70. The maximum absolute atomic E-state index is 4.54. The van der Waals surface area contributed by atoms with Gasteiger partial charge in [-0.2, -0.15) is 4.98 Å². The van der Waals surface area contributed by atoms with Crippen LogP contribution in [-0.2, 0) is 0 Å². The molecule has 0 bridgehead atoms. The Bertz CT molecular complexity index is 401. The van der Waals surface area contributed by atoms with Crippen molar-refractivity contribution in [2.75, 3.05) is 36.8 Å². The van der Waals surface area contributed by atoms with Crippen molar-refractivity contribution < 1.29 is 0 Å². The number of aromatic nitrogens is 2. The van der Waals surface area contributed by atoms with Crippen LogP contribution < -0.4 is 16.0 Å². The first-order chi connectivity index (χ1) is 9.78. The highest BCUT2D eigenvalue weighted by Gasteiger charge is 2.13. The van der Waals surface area contributed by atoms with Crippen LogP contribution in [-0.4, -0.2) is 36.1 Å². The minimum Gasteiger partial charge on any atom is -0.370 e. The van der Waals surface area contributed by atoms with Crippen LogP contribution in [0.5, 0.6) is 0 Å². The molecule has 1 aromatic rings. The lowest BCUT2D eigenvalue weighted by molar-refractivity contribution is 0.389. The van der Waals surface area contributed by atoms with Gasteiger partial charge in [0.15, 0.2) is 0 Å². The van der Waals surface area contributed by atoms with Gasteiger partial charge in [-0.25, -0.2) is 4.98 Å². The zero-order valence-corrected chi connectivity index (χ0v) is 12.7. The summed E-state index contributed by atoms with van der Waals surface area (Å²) in [5, 5.41) is 10.2. The normalized spacial score (nSPS) is 16.1. The molecule has 1 aliphatic rings. The summed E-state index contributed by atoms with van der Waals surface area (Å²) >= 11 is 0. The average Bonchev–Trinajstić information content (AvgIpc) is 2.46. The highest BCUT2D eigenvalue weighted by Crippen LogP contribution is 2.14. The molecule has 1 aromatic heterocycles. The molecule has 0 aromatic carbocycles. The molecule has 1 fully saturated rings. The number of rotatable bonds is 7. The zero-order chi connectivity index (χ0) is 14.2. The van der Waals surface area contributed by atoms with Crippen LogP contribution in [0.4, 0.5) is 11.8 Å². The van der Waals surface area contributed by atoms with Crippen molar-refractivity contribution in [2.45, 2.75) is 39.5 Å². The molecule has 2 rings (SSSR count). The van der Waals surface area contributed by atoms with Crippen molar-refractivity contribution in [1.82, 2.24) is 15.3 Å². The van der Waals surface area contributed by atoms with E-state index >= 15 is 0 Å².